The monoisotopic (exact) mass is 361 g/mol. The zero-order valence-electron chi connectivity index (χ0n) is 12.8. The van der Waals surface area contributed by atoms with Gasteiger partial charge in [-0.3, -0.25) is 4.98 Å². The molecule has 1 heterocycles. The molecular weight excluding hydrogens is 345 g/mol. The Bertz CT molecular complexity index is 897. The van der Waals surface area contributed by atoms with Crippen molar-refractivity contribution in [3.63, 3.8) is 0 Å². The third-order valence-electron chi connectivity index (χ3n) is 3.43. The number of thiol groups is 1. The van der Waals surface area contributed by atoms with E-state index in [0.717, 1.165) is 33.4 Å². The van der Waals surface area contributed by atoms with Crippen molar-refractivity contribution in [1.29, 1.82) is 0 Å². The van der Waals surface area contributed by atoms with E-state index < -0.39 is 5.47 Å². The molecule has 3 nitrogen and oxygen atoms in total. The minimum Gasteiger partial charge on any atom is -0.497 e. The molecule has 0 bridgehead atoms. The number of hydrogen-bond acceptors (Lipinski definition) is 4. The van der Waals surface area contributed by atoms with Crippen LogP contribution >= 0.6 is 17.7 Å². The van der Waals surface area contributed by atoms with Crippen LogP contribution in [0.4, 0.5) is 0 Å². The fourth-order valence-electron chi connectivity index (χ4n) is 2.30. The molecule has 0 aliphatic carbocycles. The van der Waals surface area contributed by atoms with Crippen LogP contribution in [0.2, 0.25) is 0 Å². The van der Waals surface area contributed by atoms with Crippen LogP contribution in [0.15, 0.2) is 54.6 Å². The van der Waals surface area contributed by atoms with Crippen LogP contribution in [0.25, 0.3) is 10.9 Å². The molecule has 2 aromatic carbocycles. The highest BCUT2D eigenvalue weighted by atomic mass is 32.9. The van der Waals surface area contributed by atoms with Crippen molar-refractivity contribution in [2.24, 2.45) is 0 Å². The molecule has 0 spiro atoms. The zero-order valence-corrected chi connectivity index (χ0v) is 15.4. The number of nitrogens with zero attached hydrogens (tertiary/aromatic N) is 1. The van der Waals surface area contributed by atoms with Crippen LogP contribution in [0.5, 0.6) is 11.5 Å². The SMILES string of the molecule is COc1ccc(P(=S)(S)Oc2cc(C)nc3ccccc23)cc1. The molecule has 6 heteroatoms. The predicted octanol–water partition coefficient (Wildman–Crippen LogP) is 4.50. The molecule has 0 saturated carbocycles. The van der Waals surface area contributed by atoms with Gasteiger partial charge in [-0.2, -0.15) is 0 Å². The number of pyridine rings is 1. The van der Waals surface area contributed by atoms with Crippen LogP contribution in [0.3, 0.4) is 0 Å². The predicted molar refractivity (Wildman–Crippen MR) is 103 cm³/mol. The lowest BCUT2D eigenvalue weighted by Crippen LogP contribution is -2.05. The number of hydrogen-bond donors (Lipinski definition) is 1. The van der Waals surface area contributed by atoms with Gasteiger partial charge in [-0.1, -0.05) is 24.4 Å². The van der Waals surface area contributed by atoms with Crippen molar-refractivity contribution in [3.8, 4) is 11.5 Å². The number of fused-ring (bicyclic) bond motifs is 1. The first kappa shape index (κ1) is 16.3. The van der Waals surface area contributed by atoms with Gasteiger partial charge in [0.1, 0.15) is 11.5 Å². The summed E-state index contributed by atoms with van der Waals surface area (Å²) in [6, 6.07) is 17.3. The molecule has 3 aromatic rings. The molecule has 0 fully saturated rings. The highest BCUT2D eigenvalue weighted by molar-refractivity contribution is 8.64. The average Bonchev–Trinajstić information content (AvgIpc) is 2.54. The Labute approximate surface area is 145 Å². The maximum absolute atomic E-state index is 6.16. The summed E-state index contributed by atoms with van der Waals surface area (Å²) in [4.78, 5) is 4.52. The highest BCUT2D eigenvalue weighted by Crippen LogP contribution is 2.52. The Balaban J connectivity index is 2.01. The van der Waals surface area contributed by atoms with Crippen molar-refractivity contribution in [1.82, 2.24) is 4.98 Å². The second kappa shape index (κ2) is 6.52. The van der Waals surface area contributed by atoms with E-state index in [0.29, 0.717) is 0 Å². The van der Waals surface area contributed by atoms with E-state index in [1.807, 2.05) is 61.5 Å². The summed E-state index contributed by atoms with van der Waals surface area (Å²) in [7, 11) is 1.63. The number of ether oxygens (including phenoxy) is 1. The lowest BCUT2D eigenvalue weighted by molar-refractivity contribution is 0.415. The molecule has 0 saturated heterocycles. The standard InChI is InChI=1S/C17H16NO2PS2/c1-12-11-17(15-5-3-4-6-16(15)18-12)20-21(22,23)14-9-7-13(19-2)8-10-14/h3-11H,1-2H3,(H,22,23). The zero-order chi connectivity index (χ0) is 16.4. The summed E-state index contributed by atoms with van der Waals surface area (Å²) >= 11 is 10.3. The fourth-order valence-corrected chi connectivity index (χ4v) is 4.62. The number of methoxy groups -OCH3 is 1. The Morgan fingerprint density at radius 2 is 1.78 bits per heavy atom. The van der Waals surface area contributed by atoms with E-state index in [-0.39, 0.29) is 0 Å². The summed E-state index contributed by atoms with van der Waals surface area (Å²) in [6.45, 7) is 1.94. The van der Waals surface area contributed by atoms with Crippen molar-refractivity contribution >= 4 is 45.7 Å². The van der Waals surface area contributed by atoms with Gasteiger partial charge in [-0.05, 0) is 55.1 Å². The smallest absolute Gasteiger partial charge is 0.193 e. The van der Waals surface area contributed by atoms with Crippen molar-refractivity contribution in [3.05, 3.63) is 60.3 Å². The summed E-state index contributed by atoms with van der Waals surface area (Å²) < 4.78 is 11.3. The van der Waals surface area contributed by atoms with Crippen LogP contribution in [0.1, 0.15) is 5.69 Å². The molecule has 1 aromatic heterocycles. The molecular formula is C17H16NO2PS2. The summed E-state index contributed by atoms with van der Waals surface area (Å²) in [6.07, 6.45) is 0. The number of benzene rings is 2. The van der Waals surface area contributed by atoms with Gasteiger partial charge < -0.3 is 9.26 Å². The lowest BCUT2D eigenvalue weighted by Gasteiger charge is -2.20. The molecule has 0 aliphatic rings. The van der Waals surface area contributed by atoms with Crippen LogP contribution < -0.4 is 14.6 Å². The molecule has 118 valence electrons. The highest BCUT2D eigenvalue weighted by Gasteiger charge is 2.19. The second-order valence-corrected chi connectivity index (χ2v) is 10.9. The van der Waals surface area contributed by atoms with E-state index in [4.69, 9.17) is 21.1 Å². The first-order chi connectivity index (χ1) is 11.0. The maximum atomic E-state index is 6.16. The number of aromatic nitrogens is 1. The number of aryl methyl sites for hydroxylation is 1. The Morgan fingerprint density at radius 3 is 2.48 bits per heavy atom. The van der Waals surface area contributed by atoms with Crippen molar-refractivity contribution < 1.29 is 9.26 Å². The molecule has 0 N–H and O–H groups in total. The Morgan fingerprint density at radius 1 is 1.09 bits per heavy atom. The Hall–Kier alpha value is -1.55. The van der Waals surface area contributed by atoms with E-state index >= 15 is 0 Å². The lowest BCUT2D eigenvalue weighted by atomic mass is 10.2. The topological polar surface area (TPSA) is 31.4 Å². The van der Waals surface area contributed by atoms with E-state index in [9.17, 15) is 0 Å². The van der Waals surface area contributed by atoms with E-state index in [2.05, 4.69) is 17.2 Å². The van der Waals surface area contributed by atoms with Crippen LogP contribution in [-0.4, -0.2) is 12.1 Å². The third-order valence-corrected chi connectivity index (χ3v) is 6.62. The molecule has 23 heavy (non-hydrogen) atoms. The van der Waals surface area contributed by atoms with Gasteiger partial charge in [0.2, 0.25) is 0 Å². The van der Waals surface area contributed by atoms with Gasteiger partial charge in [-0.15, -0.1) is 0 Å². The maximum Gasteiger partial charge on any atom is 0.193 e. The first-order valence-electron chi connectivity index (χ1n) is 7.03. The summed E-state index contributed by atoms with van der Waals surface area (Å²) in [5.41, 5.74) is -0.702. The average molecular weight is 361 g/mol. The normalized spacial score (nSPS) is 13.5. The van der Waals surface area contributed by atoms with E-state index in [1.165, 1.54) is 0 Å². The Kier molecular flexibility index (Phi) is 4.62. The number of rotatable bonds is 4. The fraction of sp³-hybridized carbons (Fsp3) is 0.118. The van der Waals surface area contributed by atoms with Crippen molar-refractivity contribution in [2.45, 2.75) is 6.92 Å². The van der Waals surface area contributed by atoms with Gasteiger partial charge in [-0.25, -0.2) is 0 Å². The summed E-state index contributed by atoms with van der Waals surface area (Å²) in [5, 5.41) is 1.82. The first-order valence-corrected chi connectivity index (χ1v) is 10.9. The molecule has 1 atom stereocenters. The third kappa shape index (κ3) is 3.52. The summed E-state index contributed by atoms with van der Waals surface area (Å²) in [5.74, 6) is 1.50. The molecule has 0 aliphatic heterocycles. The van der Waals surface area contributed by atoms with Crippen LogP contribution in [0, 0.1) is 6.92 Å². The van der Waals surface area contributed by atoms with Gasteiger partial charge in [0.25, 0.3) is 0 Å². The molecule has 3 rings (SSSR count). The molecule has 1 unspecified atom stereocenters. The van der Waals surface area contributed by atoms with E-state index in [1.54, 1.807) is 7.11 Å². The van der Waals surface area contributed by atoms with Gasteiger partial charge in [0, 0.05) is 22.5 Å². The van der Waals surface area contributed by atoms with Gasteiger partial charge >= 0.3 is 0 Å². The molecule has 0 amide bonds. The minimum atomic E-state index is -2.48. The largest absolute Gasteiger partial charge is 0.497 e. The van der Waals surface area contributed by atoms with Crippen molar-refractivity contribution in [2.75, 3.05) is 7.11 Å². The minimum absolute atomic E-state index is 0.724. The second-order valence-electron chi connectivity index (χ2n) is 5.09. The van der Waals surface area contributed by atoms with Gasteiger partial charge in [0.15, 0.2) is 5.47 Å². The quantitative estimate of drug-likeness (QED) is 0.548. The number of para-hydroxylation sites is 1. The van der Waals surface area contributed by atoms with Crippen LogP contribution in [-0.2, 0) is 11.8 Å². The molecule has 0 radical (unpaired) electrons. The van der Waals surface area contributed by atoms with Gasteiger partial charge in [0.05, 0.1) is 12.6 Å².